The Bertz CT molecular complexity index is 1330. The van der Waals surface area contributed by atoms with Gasteiger partial charge in [-0.2, -0.15) is 0 Å². The lowest BCUT2D eigenvalue weighted by molar-refractivity contribution is 0.227. The van der Waals surface area contributed by atoms with Crippen molar-refractivity contribution in [3.63, 3.8) is 0 Å². The van der Waals surface area contributed by atoms with Crippen LogP contribution in [0.2, 0.25) is 10.0 Å². The third-order valence-electron chi connectivity index (χ3n) is 5.43. The molecule has 0 spiro atoms. The summed E-state index contributed by atoms with van der Waals surface area (Å²) in [4.78, 5) is 10.8. The number of nitrogen functional groups attached to an aromatic ring is 1. The molecule has 1 aromatic carbocycles. The maximum Gasteiger partial charge on any atom is 0.213 e. The maximum atomic E-state index is 14.0. The van der Waals surface area contributed by atoms with Crippen molar-refractivity contribution in [2.75, 3.05) is 33.0 Å². The number of benzene rings is 1. The predicted molar refractivity (Wildman–Crippen MR) is 136 cm³/mol. The molecule has 1 atom stereocenters. The van der Waals surface area contributed by atoms with Gasteiger partial charge in [-0.05, 0) is 45.6 Å². The van der Waals surface area contributed by atoms with E-state index in [1.54, 1.807) is 25.6 Å². The first-order valence-electron chi connectivity index (χ1n) is 11.0. The molecule has 3 heterocycles. The first-order chi connectivity index (χ1) is 16.8. The number of aromatic nitrogens is 2. The molecule has 1 unspecified atom stereocenters. The number of halogens is 3. The van der Waals surface area contributed by atoms with Crippen LogP contribution < -0.4 is 15.2 Å². The van der Waals surface area contributed by atoms with Crippen molar-refractivity contribution in [2.24, 2.45) is 0 Å². The molecule has 0 aliphatic carbocycles. The number of hydrogen-bond acceptors (Lipinski definition) is 7. The Labute approximate surface area is 212 Å². The highest BCUT2D eigenvalue weighted by atomic mass is 35.5. The van der Waals surface area contributed by atoms with Gasteiger partial charge in [0.15, 0.2) is 11.4 Å². The number of anilines is 1. The van der Waals surface area contributed by atoms with Crippen molar-refractivity contribution < 1.29 is 18.3 Å². The van der Waals surface area contributed by atoms with E-state index in [0.29, 0.717) is 29.0 Å². The van der Waals surface area contributed by atoms with Crippen LogP contribution in [0.25, 0.3) is 22.1 Å². The highest BCUT2D eigenvalue weighted by molar-refractivity contribution is 6.36. The number of furan rings is 1. The second-order valence-electron chi connectivity index (χ2n) is 8.27. The Morgan fingerprint density at radius 3 is 2.66 bits per heavy atom. The molecule has 184 valence electrons. The summed E-state index contributed by atoms with van der Waals surface area (Å²) in [5.41, 5.74) is 8.37. The number of fused-ring (bicyclic) bond motifs is 1. The number of nitrogens with two attached hydrogens (primary N) is 1. The Kier molecular flexibility index (Phi) is 7.64. The Morgan fingerprint density at radius 2 is 1.94 bits per heavy atom. The molecule has 0 radical (unpaired) electrons. The van der Waals surface area contributed by atoms with Gasteiger partial charge >= 0.3 is 0 Å². The van der Waals surface area contributed by atoms with Crippen molar-refractivity contribution in [3.8, 4) is 22.8 Å². The third-order valence-corrected chi connectivity index (χ3v) is 6.14. The Balaban J connectivity index is 1.58. The van der Waals surface area contributed by atoms with Crippen LogP contribution in [0.5, 0.6) is 11.6 Å². The van der Waals surface area contributed by atoms with Crippen molar-refractivity contribution in [1.29, 1.82) is 0 Å². The number of ether oxygens (including phenoxy) is 2. The Hall–Kier alpha value is -3.07. The molecule has 0 amide bonds. The second-order valence-corrected chi connectivity index (χ2v) is 9.06. The van der Waals surface area contributed by atoms with Crippen LogP contribution in [0.3, 0.4) is 0 Å². The average Bonchev–Trinajstić information content (AvgIpc) is 3.26. The topological polar surface area (TPSA) is 86.6 Å². The van der Waals surface area contributed by atoms with Crippen LogP contribution in [0, 0.1) is 5.82 Å². The van der Waals surface area contributed by atoms with E-state index in [1.165, 1.54) is 12.1 Å². The number of hydrogen-bond donors (Lipinski definition) is 1. The quantitative estimate of drug-likeness (QED) is 0.203. The summed E-state index contributed by atoms with van der Waals surface area (Å²) in [6.45, 7) is 3.21. The summed E-state index contributed by atoms with van der Waals surface area (Å²) < 4.78 is 31.6. The summed E-state index contributed by atoms with van der Waals surface area (Å²) >= 11 is 12.4. The molecular formula is C25H25Cl2FN4O3. The van der Waals surface area contributed by atoms with Crippen LogP contribution in [0.15, 0.2) is 47.3 Å². The van der Waals surface area contributed by atoms with Crippen LogP contribution in [0.1, 0.15) is 25.0 Å². The lowest BCUT2D eigenvalue weighted by Gasteiger charge is -2.18. The van der Waals surface area contributed by atoms with Crippen molar-refractivity contribution in [3.05, 3.63) is 64.3 Å². The molecule has 35 heavy (non-hydrogen) atoms. The fraction of sp³-hybridized carbons (Fsp3) is 0.280. The molecule has 3 aromatic heterocycles. The van der Waals surface area contributed by atoms with Crippen LogP contribution in [-0.4, -0.2) is 42.1 Å². The fourth-order valence-corrected chi connectivity index (χ4v) is 4.33. The van der Waals surface area contributed by atoms with Gasteiger partial charge in [-0.15, -0.1) is 0 Å². The normalized spacial score (nSPS) is 12.3. The maximum absolute atomic E-state index is 14.0. The summed E-state index contributed by atoms with van der Waals surface area (Å²) in [6.07, 6.45) is 5.08. The minimum atomic E-state index is -0.723. The van der Waals surface area contributed by atoms with Gasteiger partial charge in [0.1, 0.15) is 11.9 Å². The van der Waals surface area contributed by atoms with E-state index in [9.17, 15) is 4.39 Å². The van der Waals surface area contributed by atoms with Gasteiger partial charge in [0.25, 0.3) is 0 Å². The molecule has 10 heteroatoms. The minimum absolute atomic E-state index is 0.112. The molecule has 4 aromatic rings. The van der Waals surface area contributed by atoms with E-state index >= 15 is 0 Å². The Morgan fingerprint density at radius 1 is 1.14 bits per heavy atom. The van der Waals surface area contributed by atoms with Gasteiger partial charge in [0.2, 0.25) is 11.6 Å². The standard InChI is InChI=1S/C25H25Cl2FN4O3/c1-14(21-18(26)6-7-19(28)22(21)27)35-24-23-16(12-31-25(24)29)17(13-34-23)15-5-8-20(30-11-15)33-10-4-9-32(2)3/h5-8,11-14H,4,9-10H2,1-3H3,(H2,29,31). The van der Waals surface area contributed by atoms with Gasteiger partial charge in [-0.3, -0.25) is 0 Å². The number of pyridine rings is 2. The van der Waals surface area contributed by atoms with E-state index < -0.39 is 11.9 Å². The molecule has 0 fully saturated rings. The van der Waals surface area contributed by atoms with Crippen molar-refractivity contribution in [1.82, 2.24) is 14.9 Å². The zero-order valence-corrected chi connectivity index (χ0v) is 21.0. The van der Waals surface area contributed by atoms with Gasteiger partial charge < -0.3 is 24.5 Å². The van der Waals surface area contributed by atoms with Crippen LogP contribution >= 0.6 is 23.2 Å². The average molecular weight is 519 g/mol. The monoisotopic (exact) mass is 518 g/mol. The molecule has 0 bridgehead atoms. The zero-order valence-electron chi connectivity index (χ0n) is 19.5. The third kappa shape index (κ3) is 5.45. The van der Waals surface area contributed by atoms with Crippen LogP contribution in [0.4, 0.5) is 10.2 Å². The SMILES string of the molecule is CC(Oc1c(N)ncc2c(-c3ccc(OCCCN(C)C)nc3)coc12)c1c(Cl)ccc(F)c1Cl. The summed E-state index contributed by atoms with van der Waals surface area (Å²) in [5, 5.41) is 0.844. The lowest BCUT2D eigenvalue weighted by Crippen LogP contribution is -2.15. The smallest absolute Gasteiger partial charge is 0.213 e. The molecule has 0 saturated heterocycles. The lowest BCUT2D eigenvalue weighted by atomic mass is 10.1. The van der Waals surface area contributed by atoms with Gasteiger partial charge in [-0.25, -0.2) is 14.4 Å². The van der Waals surface area contributed by atoms with Crippen molar-refractivity contribution in [2.45, 2.75) is 19.4 Å². The van der Waals surface area contributed by atoms with E-state index in [2.05, 4.69) is 14.9 Å². The highest BCUT2D eigenvalue weighted by Gasteiger charge is 2.23. The number of nitrogens with zero attached hydrogens (tertiary/aromatic N) is 3. The van der Waals surface area contributed by atoms with E-state index in [1.807, 2.05) is 26.2 Å². The summed E-state index contributed by atoms with van der Waals surface area (Å²) in [6, 6.07) is 6.32. The molecule has 4 rings (SSSR count). The number of rotatable bonds is 9. The molecule has 0 aliphatic heterocycles. The highest BCUT2D eigenvalue weighted by Crippen LogP contribution is 2.41. The molecule has 0 saturated carbocycles. The first-order valence-corrected chi connectivity index (χ1v) is 11.7. The van der Waals surface area contributed by atoms with E-state index in [4.69, 9.17) is 42.8 Å². The van der Waals surface area contributed by atoms with E-state index in [0.717, 1.165) is 24.1 Å². The van der Waals surface area contributed by atoms with Gasteiger partial charge in [0.05, 0.1) is 23.3 Å². The van der Waals surface area contributed by atoms with Gasteiger partial charge in [0, 0.05) is 46.7 Å². The van der Waals surface area contributed by atoms with Crippen LogP contribution in [-0.2, 0) is 0 Å². The fourth-order valence-electron chi connectivity index (χ4n) is 3.65. The first kappa shape index (κ1) is 25.0. The molecular weight excluding hydrogens is 494 g/mol. The zero-order chi connectivity index (χ0) is 25.1. The molecule has 2 N–H and O–H groups in total. The van der Waals surface area contributed by atoms with Crippen molar-refractivity contribution >= 4 is 40.0 Å². The summed E-state index contributed by atoms with van der Waals surface area (Å²) in [7, 11) is 4.04. The summed E-state index contributed by atoms with van der Waals surface area (Å²) in [5.74, 6) is 0.285. The predicted octanol–water partition coefficient (Wildman–Crippen LogP) is 6.39. The van der Waals surface area contributed by atoms with E-state index in [-0.39, 0.29) is 21.6 Å². The second kappa shape index (κ2) is 10.7. The van der Waals surface area contributed by atoms with Gasteiger partial charge in [-0.1, -0.05) is 23.2 Å². The largest absolute Gasteiger partial charge is 0.478 e. The molecule has 7 nitrogen and oxygen atoms in total. The molecule has 0 aliphatic rings. The minimum Gasteiger partial charge on any atom is -0.478 e.